The van der Waals surface area contributed by atoms with Crippen LogP contribution in [-0.4, -0.2) is 10.9 Å². The summed E-state index contributed by atoms with van der Waals surface area (Å²) in [6.07, 6.45) is 3.46. The van der Waals surface area contributed by atoms with Gasteiger partial charge in [0, 0.05) is 40.1 Å². The Morgan fingerprint density at radius 2 is 2.04 bits per heavy atom. The van der Waals surface area contributed by atoms with Gasteiger partial charge in [0.2, 0.25) is 0 Å². The molecule has 6 heteroatoms. The van der Waals surface area contributed by atoms with Crippen molar-refractivity contribution in [2.45, 2.75) is 6.61 Å². The second kappa shape index (κ2) is 7.51. The molecule has 0 aliphatic carbocycles. The summed E-state index contributed by atoms with van der Waals surface area (Å²) in [6.45, 7) is 0.398. The van der Waals surface area contributed by atoms with Gasteiger partial charge in [-0.15, -0.1) is 0 Å². The van der Waals surface area contributed by atoms with Crippen molar-refractivity contribution in [3.05, 3.63) is 89.4 Å². The van der Waals surface area contributed by atoms with Crippen molar-refractivity contribution in [2.24, 2.45) is 0 Å². The number of nitrogens with one attached hydrogen (secondary N) is 1. The zero-order chi connectivity index (χ0) is 18.6. The molecular weight excluding hydrogens is 364 g/mol. The maximum atomic E-state index is 12.5. The fourth-order valence-corrected chi connectivity index (χ4v) is 2.81. The van der Waals surface area contributed by atoms with E-state index >= 15 is 0 Å². The van der Waals surface area contributed by atoms with Gasteiger partial charge in [-0.3, -0.25) is 9.78 Å². The first-order valence-corrected chi connectivity index (χ1v) is 8.67. The van der Waals surface area contributed by atoms with E-state index in [0.29, 0.717) is 28.6 Å². The average Bonchev–Trinajstić information content (AvgIpc) is 3.11. The van der Waals surface area contributed by atoms with E-state index in [-0.39, 0.29) is 11.7 Å². The highest BCUT2D eigenvalue weighted by atomic mass is 35.5. The number of amides is 1. The summed E-state index contributed by atoms with van der Waals surface area (Å²) in [6, 6.07) is 17.9. The van der Waals surface area contributed by atoms with Crippen molar-refractivity contribution in [1.29, 1.82) is 0 Å². The summed E-state index contributed by atoms with van der Waals surface area (Å²) in [5, 5.41) is 4.18. The molecule has 0 aliphatic rings. The number of halogens is 1. The molecule has 0 atom stereocenters. The Kier molecular flexibility index (Phi) is 4.77. The second-order valence-electron chi connectivity index (χ2n) is 5.92. The van der Waals surface area contributed by atoms with Crippen molar-refractivity contribution < 1.29 is 13.9 Å². The molecule has 0 fully saturated rings. The lowest BCUT2D eigenvalue weighted by Gasteiger charge is -2.08. The average molecular weight is 379 g/mol. The molecule has 0 unspecified atom stereocenters. The molecular formula is C21H15ClN2O3. The van der Waals surface area contributed by atoms with E-state index in [2.05, 4.69) is 10.3 Å². The fraction of sp³-hybridized carbons (Fsp3) is 0.0476. The standard InChI is InChI=1S/C21H15ClN2O3/c22-16-6-7-19-15(9-16)10-20(27-19)21(25)24-17-4-1-5-18(11-17)26-13-14-3-2-8-23-12-14/h1-12H,13H2,(H,24,25). The van der Waals surface area contributed by atoms with Gasteiger partial charge >= 0.3 is 0 Å². The largest absolute Gasteiger partial charge is 0.489 e. The zero-order valence-corrected chi connectivity index (χ0v) is 14.9. The Balaban J connectivity index is 1.46. The van der Waals surface area contributed by atoms with Crippen molar-refractivity contribution in [1.82, 2.24) is 4.98 Å². The number of carbonyl (C=O) groups excluding carboxylic acids is 1. The van der Waals surface area contributed by atoms with E-state index in [1.165, 1.54) is 0 Å². The maximum Gasteiger partial charge on any atom is 0.291 e. The van der Waals surface area contributed by atoms with Crippen LogP contribution in [0.4, 0.5) is 5.69 Å². The number of furan rings is 1. The molecule has 0 aliphatic heterocycles. The van der Waals surface area contributed by atoms with Gasteiger partial charge in [-0.25, -0.2) is 0 Å². The number of benzene rings is 2. The number of fused-ring (bicyclic) bond motifs is 1. The van der Waals surface area contributed by atoms with E-state index in [1.54, 1.807) is 48.8 Å². The Morgan fingerprint density at radius 3 is 2.89 bits per heavy atom. The predicted molar refractivity (Wildman–Crippen MR) is 104 cm³/mol. The number of pyridine rings is 1. The van der Waals surface area contributed by atoms with Crippen LogP contribution in [0.15, 0.2) is 77.5 Å². The lowest BCUT2D eigenvalue weighted by Crippen LogP contribution is -2.10. The molecule has 134 valence electrons. The molecule has 0 saturated heterocycles. The van der Waals surface area contributed by atoms with Crippen LogP contribution in [0.25, 0.3) is 11.0 Å². The zero-order valence-electron chi connectivity index (χ0n) is 14.2. The topological polar surface area (TPSA) is 64.4 Å². The number of hydrogen-bond acceptors (Lipinski definition) is 4. The van der Waals surface area contributed by atoms with Gasteiger partial charge in [0.05, 0.1) is 0 Å². The van der Waals surface area contributed by atoms with Crippen LogP contribution < -0.4 is 10.1 Å². The number of carbonyl (C=O) groups is 1. The quantitative estimate of drug-likeness (QED) is 0.511. The molecule has 2 aromatic heterocycles. The number of ether oxygens (including phenoxy) is 1. The summed E-state index contributed by atoms with van der Waals surface area (Å²) in [5.74, 6) is 0.522. The highest BCUT2D eigenvalue weighted by Gasteiger charge is 2.13. The van der Waals surface area contributed by atoms with Crippen LogP contribution in [0.2, 0.25) is 5.02 Å². The first kappa shape index (κ1) is 17.1. The third-order valence-corrected chi connectivity index (χ3v) is 4.16. The molecule has 2 heterocycles. The monoisotopic (exact) mass is 378 g/mol. The SMILES string of the molecule is O=C(Nc1cccc(OCc2cccnc2)c1)c1cc2cc(Cl)ccc2o1. The Hall–Kier alpha value is -3.31. The van der Waals surface area contributed by atoms with Gasteiger partial charge in [0.25, 0.3) is 5.91 Å². The number of hydrogen-bond donors (Lipinski definition) is 1. The molecule has 1 N–H and O–H groups in total. The minimum absolute atomic E-state index is 0.217. The third kappa shape index (κ3) is 4.10. The van der Waals surface area contributed by atoms with E-state index in [0.717, 1.165) is 10.9 Å². The number of rotatable bonds is 5. The normalized spacial score (nSPS) is 10.7. The van der Waals surface area contributed by atoms with Crippen LogP contribution in [-0.2, 0) is 6.61 Å². The van der Waals surface area contributed by atoms with Crippen molar-refractivity contribution in [3.8, 4) is 5.75 Å². The summed E-state index contributed by atoms with van der Waals surface area (Å²) < 4.78 is 11.3. The first-order valence-electron chi connectivity index (χ1n) is 8.29. The van der Waals surface area contributed by atoms with Crippen LogP contribution in [0.5, 0.6) is 5.75 Å². The maximum absolute atomic E-state index is 12.5. The Bertz CT molecular complexity index is 1090. The lowest BCUT2D eigenvalue weighted by molar-refractivity contribution is 0.0998. The van der Waals surface area contributed by atoms with Gasteiger partial charge in [-0.2, -0.15) is 0 Å². The van der Waals surface area contributed by atoms with Gasteiger partial charge in [-0.05, 0) is 42.5 Å². The van der Waals surface area contributed by atoms with E-state index in [1.807, 2.05) is 24.3 Å². The Labute approximate surface area is 160 Å². The molecule has 5 nitrogen and oxygen atoms in total. The van der Waals surface area contributed by atoms with Crippen molar-refractivity contribution in [2.75, 3.05) is 5.32 Å². The molecule has 1 amide bonds. The van der Waals surface area contributed by atoms with Crippen molar-refractivity contribution >= 4 is 34.2 Å². The molecule has 0 radical (unpaired) electrons. The Morgan fingerprint density at radius 1 is 1.11 bits per heavy atom. The molecule has 27 heavy (non-hydrogen) atoms. The van der Waals surface area contributed by atoms with Crippen LogP contribution in [0.3, 0.4) is 0 Å². The summed E-state index contributed by atoms with van der Waals surface area (Å²) >= 11 is 5.97. The van der Waals surface area contributed by atoms with Crippen molar-refractivity contribution in [3.63, 3.8) is 0 Å². The predicted octanol–water partition coefficient (Wildman–Crippen LogP) is 5.31. The number of anilines is 1. The van der Waals surface area contributed by atoms with Crippen LogP contribution >= 0.6 is 11.6 Å². The minimum atomic E-state index is -0.341. The van der Waals surface area contributed by atoms with Gasteiger partial charge < -0.3 is 14.5 Å². The molecule has 0 saturated carbocycles. The highest BCUT2D eigenvalue weighted by Crippen LogP contribution is 2.24. The van der Waals surface area contributed by atoms with Gasteiger partial charge in [-0.1, -0.05) is 23.7 Å². The summed E-state index contributed by atoms with van der Waals surface area (Å²) in [4.78, 5) is 16.5. The summed E-state index contributed by atoms with van der Waals surface area (Å²) in [5.41, 5.74) is 2.19. The second-order valence-corrected chi connectivity index (χ2v) is 6.36. The molecule has 2 aromatic carbocycles. The highest BCUT2D eigenvalue weighted by molar-refractivity contribution is 6.31. The van der Waals surface area contributed by atoms with Gasteiger partial charge in [0.1, 0.15) is 17.9 Å². The van der Waals surface area contributed by atoms with Crippen LogP contribution in [0.1, 0.15) is 16.1 Å². The van der Waals surface area contributed by atoms with E-state index < -0.39 is 0 Å². The molecule has 4 aromatic rings. The number of aromatic nitrogens is 1. The smallest absolute Gasteiger partial charge is 0.291 e. The minimum Gasteiger partial charge on any atom is -0.489 e. The summed E-state index contributed by atoms with van der Waals surface area (Å²) in [7, 11) is 0. The first-order chi connectivity index (χ1) is 13.2. The third-order valence-electron chi connectivity index (χ3n) is 3.92. The van der Waals surface area contributed by atoms with E-state index in [9.17, 15) is 4.79 Å². The number of nitrogens with zero attached hydrogens (tertiary/aromatic N) is 1. The van der Waals surface area contributed by atoms with Gasteiger partial charge in [0.15, 0.2) is 5.76 Å². The fourth-order valence-electron chi connectivity index (χ4n) is 2.63. The van der Waals surface area contributed by atoms with E-state index in [4.69, 9.17) is 20.8 Å². The molecule has 4 rings (SSSR count). The molecule has 0 bridgehead atoms. The molecule has 0 spiro atoms. The lowest BCUT2D eigenvalue weighted by atomic mass is 10.2. The van der Waals surface area contributed by atoms with Crippen LogP contribution in [0, 0.1) is 0 Å².